The van der Waals surface area contributed by atoms with Crippen molar-refractivity contribution in [2.75, 3.05) is 0 Å². The van der Waals surface area contributed by atoms with Crippen LogP contribution >= 0.6 is 0 Å². The fraction of sp³-hybridized carbons (Fsp3) is 0.200. The molecule has 0 spiro atoms. The summed E-state index contributed by atoms with van der Waals surface area (Å²) in [4.78, 5) is 24.8. The molecular formula is C20H19NO2. The molecule has 3 nitrogen and oxygen atoms in total. The number of benzene rings is 2. The maximum atomic E-state index is 12.6. The van der Waals surface area contributed by atoms with Gasteiger partial charge >= 0.3 is 0 Å². The van der Waals surface area contributed by atoms with Crippen molar-refractivity contribution < 1.29 is 9.59 Å². The summed E-state index contributed by atoms with van der Waals surface area (Å²) in [6.07, 6.45) is 1.15. The number of allylic oxidation sites excluding steroid dienone is 1. The van der Waals surface area contributed by atoms with E-state index >= 15 is 0 Å². The molecule has 3 rings (SSSR count). The number of ketones is 1. The van der Waals surface area contributed by atoms with Gasteiger partial charge in [-0.05, 0) is 24.5 Å². The van der Waals surface area contributed by atoms with Gasteiger partial charge in [0.05, 0.1) is 11.6 Å². The van der Waals surface area contributed by atoms with Gasteiger partial charge in [0, 0.05) is 6.42 Å². The Bertz CT molecular complexity index is 748. The van der Waals surface area contributed by atoms with Crippen LogP contribution in [-0.2, 0) is 22.4 Å². The minimum absolute atomic E-state index is 0.0905. The van der Waals surface area contributed by atoms with Crippen molar-refractivity contribution in [1.29, 1.82) is 0 Å². The van der Waals surface area contributed by atoms with Crippen LogP contribution in [0.15, 0.2) is 71.8 Å². The molecule has 23 heavy (non-hydrogen) atoms. The molecule has 0 radical (unpaired) electrons. The average Bonchev–Trinajstić information content (AvgIpc) is 2.83. The molecule has 1 amide bonds. The van der Waals surface area contributed by atoms with Gasteiger partial charge in [0.25, 0.3) is 5.91 Å². The van der Waals surface area contributed by atoms with E-state index in [0.29, 0.717) is 18.4 Å². The maximum absolute atomic E-state index is 12.6. The van der Waals surface area contributed by atoms with E-state index in [-0.39, 0.29) is 11.7 Å². The molecule has 1 saturated heterocycles. The van der Waals surface area contributed by atoms with Gasteiger partial charge in [-0.3, -0.25) is 9.59 Å². The normalized spacial score (nSPS) is 19.6. The quantitative estimate of drug-likeness (QED) is 0.697. The standard InChI is InChI=1S/C20H19NO2/c1-14(12-15-8-4-2-5-9-15)18-19(22)17(21-20(18)23)13-16-10-6-3-7-11-16/h2-11,17H,12-13H2,1H3,(H,21,23)/b18-14-/t17-/m0/s1. The molecule has 0 unspecified atom stereocenters. The van der Waals surface area contributed by atoms with Crippen LogP contribution in [0, 0.1) is 0 Å². The molecule has 1 heterocycles. The number of hydrogen-bond acceptors (Lipinski definition) is 2. The van der Waals surface area contributed by atoms with Crippen molar-refractivity contribution in [3.05, 3.63) is 82.9 Å². The Balaban J connectivity index is 1.79. The monoisotopic (exact) mass is 305 g/mol. The zero-order valence-electron chi connectivity index (χ0n) is 13.1. The molecule has 0 aromatic heterocycles. The highest BCUT2D eigenvalue weighted by Gasteiger charge is 2.36. The minimum Gasteiger partial charge on any atom is -0.341 e. The third-order valence-electron chi connectivity index (χ3n) is 4.12. The van der Waals surface area contributed by atoms with Gasteiger partial charge in [-0.25, -0.2) is 0 Å². The van der Waals surface area contributed by atoms with Crippen LogP contribution in [0.4, 0.5) is 0 Å². The van der Waals surface area contributed by atoms with Gasteiger partial charge in [-0.1, -0.05) is 66.2 Å². The Morgan fingerprint density at radius 1 is 0.913 bits per heavy atom. The van der Waals surface area contributed by atoms with Crippen molar-refractivity contribution in [3.8, 4) is 0 Å². The van der Waals surface area contributed by atoms with Crippen LogP contribution < -0.4 is 5.32 Å². The second-order valence-electron chi connectivity index (χ2n) is 5.90. The first kappa shape index (κ1) is 15.2. The molecule has 2 aromatic carbocycles. The lowest BCUT2D eigenvalue weighted by Crippen LogP contribution is -2.31. The maximum Gasteiger partial charge on any atom is 0.255 e. The summed E-state index contributed by atoms with van der Waals surface area (Å²) in [7, 11) is 0. The second-order valence-corrected chi connectivity index (χ2v) is 5.90. The molecule has 3 heteroatoms. The van der Waals surface area contributed by atoms with Gasteiger partial charge < -0.3 is 5.32 Å². The highest BCUT2D eigenvalue weighted by atomic mass is 16.2. The molecule has 1 aliphatic heterocycles. The topological polar surface area (TPSA) is 46.2 Å². The van der Waals surface area contributed by atoms with Crippen LogP contribution in [-0.4, -0.2) is 17.7 Å². The van der Waals surface area contributed by atoms with E-state index < -0.39 is 6.04 Å². The number of carbonyl (C=O) groups excluding carboxylic acids is 2. The molecule has 0 saturated carbocycles. The molecule has 1 N–H and O–H groups in total. The summed E-state index contributed by atoms with van der Waals surface area (Å²) >= 11 is 0. The Hall–Kier alpha value is -2.68. The molecule has 0 bridgehead atoms. The lowest BCUT2D eigenvalue weighted by Gasteiger charge is -2.08. The second kappa shape index (κ2) is 6.61. The first-order valence-electron chi connectivity index (χ1n) is 7.78. The van der Waals surface area contributed by atoms with Gasteiger partial charge in [-0.15, -0.1) is 0 Å². The molecule has 1 atom stereocenters. The number of hydrogen-bond donors (Lipinski definition) is 1. The molecule has 0 aliphatic carbocycles. The molecule has 2 aromatic rings. The highest BCUT2D eigenvalue weighted by Crippen LogP contribution is 2.20. The highest BCUT2D eigenvalue weighted by molar-refractivity contribution is 6.27. The molecule has 116 valence electrons. The summed E-state index contributed by atoms with van der Waals surface area (Å²) < 4.78 is 0. The third-order valence-corrected chi connectivity index (χ3v) is 4.12. The van der Waals surface area contributed by atoms with E-state index in [4.69, 9.17) is 0 Å². The van der Waals surface area contributed by atoms with Gasteiger partial charge in [0.1, 0.15) is 0 Å². The molecule has 1 aliphatic rings. The van der Waals surface area contributed by atoms with Crippen LogP contribution in [0.25, 0.3) is 0 Å². The Kier molecular flexibility index (Phi) is 4.38. The molecular weight excluding hydrogens is 286 g/mol. The summed E-state index contributed by atoms with van der Waals surface area (Å²) in [5.74, 6) is -0.336. The predicted octanol–water partition coefficient (Wildman–Crippen LogP) is 2.86. The fourth-order valence-corrected chi connectivity index (χ4v) is 2.97. The molecule has 1 fully saturated rings. The van der Waals surface area contributed by atoms with Crippen molar-refractivity contribution in [2.24, 2.45) is 0 Å². The van der Waals surface area contributed by atoms with E-state index in [9.17, 15) is 9.59 Å². The Morgan fingerprint density at radius 2 is 1.48 bits per heavy atom. The third kappa shape index (κ3) is 3.39. The number of rotatable bonds is 4. The van der Waals surface area contributed by atoms with Crippen LogP contribution in [0.1, 0.15) is 18.1 Å². The SMILES string of the molecule is C/C(Cc1ccccc1)=C1/C(=O)N[C@@H](Cc2ccccc2)C1=O. The van der Waals surface area contributed by atoms with Crippen molar-refractivity contribution in [1.82, 2.24) is 5.32 Å². The van der Waals surface area contributed by atoms with Gasteiger partial charge in [0.15, 0.2) is 5.78 Å². The van der Waals surface area contributed by atoms with Gasteiger partial charge in [-0.2, -0.15) is 0 Å². The summed E-state index contributed by atoms with van der Waals surface area (Å²) in [6.45, 7) is 1.87. The Morgan fingerprint density at radius 3 is 2.09 bits per heavy atom. The van der Waals surface area contributed by atoms with E-state index in [0.717, 1.165) is 16.7 Å². The van der Waals surface area contributed by atoms with E-state index in [1.807, 2.05) is 67.6 Å². The van der Waals surface area contributed by atoms with E-state index in [1.54, 1.807) is 0 Å². The summed E-state index contributed by atoms with van der Waals surface area (Å²) in [6, 6.07) is 19.2. The van der Waals surface area contributed by atoms with E-state index in [1.165, 1.54) is 0 Å². The fourth-order valence-electron chi connectivity index (χ4n) is 2.97. The number of amides is 1. The van der Waals surface area contributed by atoms with Crippen molar-refractivity contribution >= 4 is 11.7 Å². The first-order chi connectivity index (χ1) is 11.1. The Labute approximate surface area is 136 Å². The minimum atomic E-state index is -0.453. The van der Waals surface area contributed by atoms with Crippen molar-refractivity contribution in [3.63, 3.8) is 0 Å². The number of nitrogens with one attached hydrogen (secondary N) is 1. The average molecular weight is 305 g/mol. The zero-order chi connectivity index (χ0) is 16.2. The van der Waals surface area contributed by atoms with Crippen LogP contribution in [0.2, 0.25) is 0 Å². The smallest absolute Gasteiger partial charge is 0.255 e. The summed E-state index contributed by atoms with van der Waals surface area (Å²) in [5, 5.41) is 2.82. The van der Waals surface area contributed by atoms with Crippen molar-refractivity contribution in [2.45, 2.75) is 25.8 Å². The van der Waals surface area contributed by atoms with E-state index in [2.05, 4.69) is 5.32 Å². The number of carbonyl (C=O) groups is 2. The van der Waals surface area contributed by atoms with Crippen LogP contribution in [0.3, 0.4) is 0 Å². The van der Waals surface area contributed by atoms with Gasteiger partial charge in [0.2, 0.25) is 0 Å². The largest absolute Gasteiger partial charge is 0.341 e. The first-order valence-corrected chi connectivity index (χ1v) is 7.78. The summed E-state index contributed by atoms with van der Waals surface area (Å²) in [5.41, 5.74) is 3.31. The number of Topliss-reactive ketones (excluding diaryl/α,β-unsaturated/α-hetero) is 1. The lowest BCUT2D eigenvalue weighted by molar-refractivity contribution is -0.117. The zero-order valence-corrected chi connectivity index (χ0v) is 13.1. The van der Waals surface area contributed by atoms with Crippen LogP contribution in [0.5, 0.6) is 0 Å². The lowest BCUT2D eigenvalue weighted by atomic mass is 9.96. The predicted molar refractivity (Wildman–Crippen MR) is 89.9 cm³/mol.